The van der Waals surface area contributed by atoms with E-state index in [1.165, 1.54) is 6.07 Å². The van der Waals surface area contributed by atoms with Gasteiger partial charge in [0, 0.05) is 29.2 Å². The first-order chi connectivity index (χ1) is 17.8. The van der Waals surface area contributed by atoms with Crippen LogP contribution in [0, 0.1) is 12.7 Å². The van der Waals surface area contributed by atoms with Crippen LogP contribution in [0.4, 0.5) is 4.39 Å². The van der Waals surface area contributed by atoms with Crippen LogP contribution in [0.2, 0.25) is 0 Å². The molecule has 194 valence electrons. The smallest absolute Gasteiger partial charge is 0.340 e. The molecule has 4 heterocycles. The predicted octanol–water partition coefficient (Wildman–Crippen LogP) is 1.33. The zero-order chi connectivity index (χ0) is 26.3. The van der Waals surface area contributed by atoms with E-state index in [-0.39, 0.29) is 54.8 Å². The third kappa shape index (κ3) is 4.50. The van der Waals surface area contributed by atoms with E-state index < -0.39 is 12.1 Å². The average Bonchev–Trinajstić information content (AvgIpc) is 3.25. The second-order valence-corrected chi connectivity index (χ2v) is 9.21. The molecule has 5 rings (SSSR count). The molecular formula is C26H27FN4O6. The van der Waals surface area contributed by atoms with Gasteiger partial charge in [-0.1, -0.05) is 0 Å². The van der Waals surface area contributed by atoms with Crippen molar-refractivity contribution in [2.75, 3.05) is 19.9 Å². The topological polar surface area (TPSA) is 146 Å². The Morgan fingerprint density at radius 1 is 1.30 bits per heavy atom. The molecule has 2 aromatic heterocycles. The van der Waals surface area contributed by atoms with Crippen LogP contribution in [-0.2, 0) is 38.6 Å². The fourth-order valence-corrected chi connectivity index (χ4v) is 4.91. The van der Waals surface area contributed by atoms with Crippen LogP contribution >= 0.6 is 0 Å². The van der Waals surface area contributed by atoms with Crippen molar-refractivity contribution < 1.29 is 28.6 Å². The van der Waals surface area contributed by atoms with E-state index in [1.54, 1.807) is 23.6 Å². The van der Waals surface area contributed by atoms with Gasteiger partial charge in [-0.15, -0.1) is 0 Å². The summed E-state index contributed by atoms with van der Waals surface area (Å²) >= 11 is 0. The molecule has 0 spiro atoms. The van der Waals surface area contributed by atoms with Crippen LogP contribution in [0.25, 0.3) is 22.3 Å². The third-order valence-corrected chi connectivity index (χ3v) is 6.88. The average molecular weight is 511 g/mol. The number of nitrogens with zero attached hydrogens (tertiary/aromatic N) is 2. The van der Waals surface area contributed by atoms with E-state index >= 15 is 0 Å². The molecule has 37 heavy (non-hydrogen) atoms. The quantitative estimate of drug-likeness (QED) is 0.183. The van der Waals surface area contributed by atoms with E-state index in [1.807, 2.05) is 0 Å². The van der Waals surface area contributed by atoms with Crippen LogP contribution in [-0.4, -0.2) is 46.4 Å². The fourth-order valence-electron chi connectivity index (χ4n) is 4.91. The number of aryl methyl sites for hydroxylation is 2. The molecule has 0 saturated carbocycles. The number of halogens is 1. The van der Waals surface area contributed by atoms with Crippen molar-refractivity contribution in [1.82, 2.24) is 14.9 Å². The number of ether oxygens (including phenoxy) is 2. The molecule has 11 heteroatoms. The third-order valence-electron chi connectivity index (χ3n) is 6.88. The highest BCUT2D eigenvalue weighted by molar-refractivity contribution is 5.89. The standard InChI is InChI=1S/C26H27FN4O6/c1-13-6-15-14(4-2-3-5-36-12-29-22(32)9-28)17-10-31-21(23(17)30-20(15)8-19(13)27)7-16-18(25(31)34)11-37-26(35)24(16)33/h6-8,24,33H,2-5,9-12,28H2,1H3,(H,29,32). The van der Waals surface area contributed by atoms with Gasteiger partial charge in [-0.2, -0.15) is 0 Å². The first-order valence-electron chi connectivity index (χ1n) is 12.1. The lowest BCUT2D eigenvalue weighted by atomic mass is 9.94. The van der Waals surface area contributed by atoms with Gasteiger partial charge in [0.25, 0.3) is 5.56 Å². The molecule has 2 aliphatic heterocycles. The number of aliphatic hydroxyl groups is 1. The Balaban J connectivity index is 1.48. The van der Waals surface area contributed by atoms with Crippen molar-refractivity contribution in [2.45, 2.75) is 45.4 Å². The van der Waals surface area contributed by atoms with Gasteiger partial charge in [0.15, 0.2) is 6.10 Å². The SMILES string of the molecule is Cc1cc2c(CCCCOCNC(=O)CN)c3c(nc2cc1F)-c1cc2c(c(=O)n1C3)COC(=O)C2O. The molecule has 1 aromatic carbocycles. The van der Waals surface area contributed by atoms with E-state index in [0.717, 1.165) is 22.9 Å². The van der Waals surface area contributed by atoms with Crippen molar-refractivity contribution in [2.24, 2.45) is 5.73 Å². The number of esters is 1. The van der Waals surface area contributed by atoms with E-state index in [9.17, 15) is 23.9 Å². The summed E-state index contributed by atoms with van der Waals surface area (Å²) in [6.07, 6.45) is 0.554. The predicted molar refractivity (Wildman–Crippen MR) is 131 cm³/mol. The van der Waals surface area contributed by atoms with Gasteiger partial charge in [-0.05, 0) is 49.4 Å². The first kappa shape index (κ1) is 25.0. The van der Waals surface area contributed by atoms with Crippen molar-refractivity contribution in [1.29, 1.82) is 0 Å². The first-order valence-corrected chi connectivity index (χ1v) is 12.1. The Morgan fingerprint density at radius 2 is 2.11 bits per heavy atom. The number of unbranched alkanes of at least 4 members (excludes halogenated alkanes) is 1. The summed E-state index contributed by atoms with van der Waals surface area (Å²) in [5.74, 6) is -1.47. The number of rotatable bonds is 8. The molecule has 2 aliphatic rings. The summed E-state index contributed by atoms with van der Waals surface area (Å²) in [4.78, 5) is 41.1. The van der Waals surface area contributed by atoms with Gasteiger partial charge in [-0.25, -0.2) is 14.2 Å². The Hall–Kier alpha value is -3.67. The highest BCUT2D eigenvalue weighted by Gasteiger charge is 2.34. The Bertz CT molecular complexity index is 1480. The van der Waals surface area contributed by atoms with Crippen molar-refractivity contribution in [3.63, 3.8) is 0 Å². The van der Waals surface area contributed by atoms with E-state index in [0.29, 0.717) is 41.9 Å². The monoisotopic (exact) mass is 510 g/mol. The van der Waals surface area contributed by atoms with Crippen LogP contribution in [0.3, 0.4) is 0 Å². The molecule has 0 bridgehead atoms. The maximum absolute atomic E-state index is 14.5. The minimum Gasteiger partial charge on any atom is -0.458 e. The molecule has 1 atom stereocenters. The zero-order valence-electron chi connectivity index (χ0n) is 20.3. The van der Waals surface area contributed by atoms with Crippen molar-refractivity contribution >= 4 is 22.8 Å². The number of benzene rings is 1. The van der Waals surface area contributed by atoms with Gasteiger partial charge in [0.05, 0.1) is 35.6 Å². The number of pyridine rings is 2. The number of nitrogens with two attached hydrogens (primary N) is 1. The zero-order valence-corrected chi connectivity index (χ0v) is 20.3. The molecule has 1 amide bonds. The number of carbonyl (C=O) groups excluding carboxylic acids is 2. The van der Waals surface area contributed by atoms with Gasteiger partial charge in [-0.3, -0.25) is 9.59 Å². The Labute approximate surface area is 211 Å². The molecule has 0 saturated heterocycles. The molecular weight excluding hydrogens is 483 g/mol. The maximum Gasteiger partial charge on any atom is 0.340 e. The summed E-state index contributed by atoms with van der Waals surface area (Å²) in [6, 6.07) is 4.78. The van der Waals surface area contributed by atoms with Crippen molar-refractivity contribution in [3.05, 3.63) is 62.2 Å². The summed E-state index contributed by atoms with van der Waals surface area (Å²) in [5, 5.41) is 13.7. The molecule has 0 aliphatic carbocycles. The fraction of sp³-hybridized carbons (Fsp3) is 0.385. The van der Waals surface area contributed by atoms with Gasteiger partial charge < -0.3 is 30.2 Å². The molecule has 0 radical (unpaired) electrons. The second-order valence-electron chi connectivity index (χ2n) is 9.21. The van der Waals surface area contributed by atoms with Crippen LogP contribution in [0.5, 0.6) is 0 Å². The number of hydrogen-bond donors (Lipinski definition) is 3. The summed E-state index contributed by atoms with van der Waals surface area (Å²) in [5.41, 5.74) is 9.18. The number of hydrogen-bond acceptors (Lipinski definition) is 8. The summed E-state index contributed by atoms with van der Waals surface area (Å²) in [7, 11) is 0. The van der Waals surface area contributed by atoms with E-state index in [4.69, 9.17) is 20.2 Å². The lowest BCUT2D eigenvalue weighted by molar-refractivity contribution is -0.157. The van der Waals surface area contributed by atoms with Gasteiger partial charge in [0.2, 0.25) is 5.91 Å². The van der Waals surface area contributed by atoms with Gasteiger partial charge >= 0.3 is 5.97 Å². The van der Waals surface area contributed by atoms with Crippen LogP contribution in [0.1, 0.15) is 46.8 Å². The number of cyclic esters (lactones) is 1. The molecule has 0 fully saturated rings. The molecule has 3 aromatic rings. The molecule has 1 unspecified atom stereocenters. The Morgan fingerprint density at radius 3 is 2.89 bits per heavy atom. The Kier molecular flexibility index (Phi) is 6.76. The highest BCUT2D eigenvalue weighted by atomic mass is 19.1. The number of fused-ring (bicyclic) bond motifs is 5. The van der Waals surface area contributed by atoms with Crippen LogP contribution in [0.15, 0.2) is 23.0 Å². The second kappa shape index (κ2) is 10.0. The summed E-state index contributed by atoms with van der Waals surface area (Å²) < 4.78 is 26.5. The number of aliphatic hydroxyl groups excluding tert-OH is 1. The highest BCUT2D eigenvalue weighted by Crippen LogP contribution is 2.38. The normalized spacial score (nSPS) is 15.8. The number of carbonyl (C=O) groups is 2. The molecule has 4 N–H and O–H groups in total. The lowest BCUT2D eigenvalue weighted by Gasteiger charge is -2.21. The van der Waals surface area contributed by atoms with Crippen molar-refractivity contribution in [3.8, 4) is 11.4 Å². The molecule has 10 nitrogen and oxygen atoms in total. The lowest BCUT2D eigenvalue weighted by Crippen LogP contribution is -2.32. The minimum atomic E-state index is -1.54. The number of nitrogens with one attached hydrogen (secondary N) is 1. The maximum atomic E-state index is 14.5. The number of amides is 1. The largest absolute Gasteiger partial charge is 0.458 e. The minimum absolute atomic E-state index is 0.0864. The van der Waals surface area contributed by atoms with Crippen LogP contribution < -0.4 is 16.6 Å². The van der Waals surface area contributed by atoms with Gasteiger partial charge in [0.1, 0.15) is 19.2 Å². The summed E-state index contributed by atoms with van der Waals surface area (Å²) in [6.45, 7) is 2.20. The van der Waals surface area contributed by atoms with E-state index in [2.05, 4.69) is 5.32 Å². The number of aromatic nitrogens is 2.